The highest BCUT2D eigenvalue weighted by atomic mass is 32.3. The third kappa shape index (κ3) is 6.22. The first-order chi connectivity index (χ1) is 15.8. The van der Waals surface area contributed by atoms with E-state index in [1.807, 2.05) is 0 Å². The van der Waals surface area contributed by atoms with Crippen molar-refractivity contribution in [2.24, 2.45) is 23.7 Å². The first kappa shape index (κ1) is 25.2. The lowest BCUT2D eigenvalue weighted by molar-refractivity contribution is -0.0946. The summed E-state index contributed by atoms with van der Waals surface area (Å²) in [6.07, 6.45) is 5.17. The van der Waals surface area contributed by atoms with Crippen molar-refractivity contribution in [3.05, 3.63) is 5.53 Å². The number of hydrogen-bond donors (Lipinski definition) is 0. The second kappa shape index (κ2) is 10.8. The van der Waals surface area contributed by atoms with Crippen LogP contribution in [-0.2, 0) is 38.6 Å². The van der Waals surface area contributed by atoms with Crippen molar-refractivity contribution in [2.45, 2.75) is 63.9 Å². The van der Waals surface area contributed by atoms with Crippen LogP contribution in [0.1, 0.15) is 51.4 Å². The molecule has 0 aromatic carbocycles. The lowest BCUT2D eigenvalue weighted by atomic mass is 9.82. The Morgan fingerprint density at radius 3 is 1.27 bits per heavy atom. The largest absolute Gasteiger partial charge is 0.495 e. The molecule has 0 unspecified atom stereocenters. The Hall–Kier alpha value is -0.880. The lowest BCUT2D eigenvalue weighted by Crippen LogP contribution is -2.36. The van der Waals surface area contributed by atoms with Crippen LogP contribution in [0, 0.1) is 23.7 Å². The highest BCUT2D eigenvalue weighted by Crippen LogP contribution is 2.36. The van der Waals surface area contributed by atoms with E-state index in [0.29, 0.717) is 52.1 Å². The van der Waals surface area contributed by atoms with Crippen LogP contribution in [0.25, 0.3) is 5.53 Å². The summed E-state index contributed by atoms with van der Waals surface area (Å²) in [7, 11) is -8.46. The average Bonchev–Trinajstić information content (AvgIpc) is 3.49. The molecule has 0 bridgehead atoms. The number of ether oxygens (including phenoxy) is 4. The van der Waals surface area contributed by atoms with E-state index in [2.05, 4.69) is 4.79 Å². The smallest absolute Gasteiger partial charge is 0.359 e. The Kier molecular flexibility index (Phi) is 8.26. The lowest BCUT2D eigenvalue weighted by Gasteiger charge is -2.31. The van der Waals surface area contributed by atoms with Gasteiger partial charge in [-0.1, -0.05) is 0 Å². The van der Waals surface area contributed by atoms with Crippen LogP contribution in [0.4, 0.5) is 0 Å². The Morgan fingerprint density at radius 1 is 0.636 bits per heavy atom. The van der Waals surface area contributed by atoms with Crippen molar-refractivity contribution in [2.75, 3.05) is 37.9 Å². The molecule has 0 atom stereocenters. The van der Waals surface area contributed by atoms with Crippen LogP contribution >= 0.6 is 0 Å². The molecule has 0 radical (unpaired) electrons. The fourth-order valence-electron chi connectivity index (χ4n) is 5.63. The molecule has 12 heteroatoms. The summed E-state index contributed by atoms with van der Waals surface area (Å²) in [5.74, 6) is -0.544. The van der Waals surface area contributed by atoms with Gasteiger partial charge >= 0.3 is 4.38 Å². The predicted molar refractivity (Wildman–Crippen MR) is 118 cm³/mol. The second-order valence-electron chi connectivity index (χ2n) is 9.71. The standard InChI is InChI=1S/C21H34N2O8S2/c22-23-21(32(24,25)13-15-1-5-17(6-2-15)19-28-9-10-29-19)33(26,27)14-16-3-7-18(8-4-16)20-30-11-12-31-20/h15-20H,1-14H2. The maximum atomic E-state index is 12.9. The number of sulfone groups is 2. The van der Waals surface area contributed by atoms with Gasteiger partial charge in [-0.2, -0.15) is 0 Å². The average molecular weight is 507 g/mol. The van der Waals surface area contributed by atoms with Crippen molar-refractivity contribution >= 4 is 24.1 Å². The summed E-state index contributed by atoms with van der Waals surface area (Å²) in [6.45, 7) is 2.32. The quantitative estimate of drug-likeness (QED) is 0.230. The molecule has 0 amide bonds. The molecule has 2 saturated carbocycles. The van der Waals surface area contributed by atoms with E-state index in [0.717, 1.165) is 25.7 Å². The van der Waals surface area contributed by atoms with E-state index in [1.165, 1.54) is 0 Å². The molecule has 2 saturated heterocycles. The van der Waals surface area contributed by atoms with E-state index < -0.39 is 24.1 Å². The van der Waals surface area contributed by atoms with Crippen LogP contribution in [-0.4, -0.2) is 76.5 Å². The zero-order chi connectivity index (χ0) is 23.5. The van der Waals surface area contributed by atoms with Crippen molar-refractivity contribution in [1.82, 2.24) is 0 Å². The minimum Gasteiger partial charge on any atom is -0.359 e. The predicted octanol–water partition coefficient (Wildman–Crippen LogP) is 1.76. The van der Waals surface area contributed by atoms with E-state index in [-0.39, 0.29) is 47.8 Å². The zero-order valence-corrected chi connectivity index (χ0v) is 20.5. The maximum absolute atomic E-state index is 12.9. The van der Waals surface area contributed by atoms with Gasteiger partial charge in [-0.05, 0) is 63.2 Å². The normalized spacial score (nSPS) is 32.6. The summed E-state index contributed by atoms with van der Waals surface area (Å²) in [5, 5.41) is 0. The summed E-state index contributed by atoms with van der Waals surface area (Å²) in [6, 6.07) is 0. The molecule has 2 aliphatic carbocycles. The van der Waals surface area contributed by atoms with Gasteiger partial charge in [0, 0.05) is 11.8 Å². The first-order valence-electron chi connectivity index (χ1n) is 11.9. The highest BCUT2D eigenvalue weighted by Gasteiger charge is 2.45. The topological polar surface area (TPSA) is 142 Å². The molecule has 4 rings (SSSR count). The first-order valence-corrected chi connectivity index (χ1v) is 15.2. The third-order valence-electron chi connectivity index (χ3n) is 7.37. The molecular weight excluding hydrogens is 472 g/mol. The molecule has 4 aliphatic rings. The van der Waals surface area contributed by atoms with E-state index >= 15 is 0 Å². The molecule has 0 aromatic rings. The second-order valence-corrected chi connectivity index (χ2v) is 13.9. The highest BCUT2D eigenvalue weighted by molar-refractivity contribution is 8.31. The Balaban J connectivity index is 1.30. The van der Waals surface area contributed by atoms with Crippen molar-refractivity contribution in [3.8, 4) is 0 Å². The minimum absolute atomic E-state index is 0.179. The molecule has 2 heterocycles. The number of hydrogen-bond acceptors (Lipinski definition) is 8. The fourth-order valence-corrected chi connectivity index (χ4v) is 10.0. The van der Waals surface area contributed by atoms with E-state index in [4.69, 9.17) is 18.9 Å². The van der Waals surface area contributed by atoms with Crippen molar-refractivity contribution < 1.29 is 40.6 Å². The van der Waals surface area contributed by atoms with Gasteiger partial charge in [0.05, 0.1) is 37.9 Å². The summed E-state index contributed by atoms with van der Waals surface area (Å²) in [4.78, 5) is 2.78. The van der Waals surface area contributed by atoms with Crippen molar-refractivity contribution in [1.29, 1.82) is 0 Å². The van der Waals surface area contributed by atoms with E-state index in [1.54, 1.807) is 0 Å². The van der Waals surface area contributed by atoms with Gasteiger partial charge in [-0.15, -0.1) is 4.79 Å². The van der Waals surface area contributed by atoms with Gasteiger partial charge in [0.25, 0.3) is 19.7 Å². The Bertz CT molecular complexity index is 849. The van der Waals surface area contributed by atoms with Gasteiger partial charge in [-0.3, -0.25) is 0 Å². The van der Waals surface area contributed by atoms with E-state index in [9.17, 15) is 22.4 Å². The van der Waals surface area contributed by atoms with Crippen LogP contribution < -0.4 is 0 Å². The number of nitrogens with zero attached hydrogens (tertiary/aromatic N) is 2. The third-order valence-corrected chi connectivity index (χ3v) is 11.9. The fraction of sp³-hybridized carbons (Fsp3) is 0.952. The molecule has 0 N–H and O–H groups in total. The van der Waals surface area contributed by atoms with Gasteiger partial charge in [0.2, 0.25) is 0 Å². The molecule has 4 fully saturated rings. The zero-order valence-electron chi connectivity index (χ0n) is 18.8. The molecular formula is C21H34N2O8S2. The summed E-state index contributed by atoms with van der Waals surface area (Å²) < 4.78 is 72.8. The molecule has 2 aliphatic heterocycles. The van der Waals surface area contributed by atoms with Crippen LogP contribution in [0.2, 0.25) is 0 Å². The van der Waals surface area contributed by atoms with Crippen LogP contribution in [0.5, 0.6) is 0 Å². The van der Waals surface area contributed by atoms with Crippen LogP contribution in [0.15, 0.2) is 0 Å². The Labute approximate surface area is 195 Å². The van der Waals surface area contributed by atoms with Crippen LogP contribution in [0.3, 0.4) is 0 Å². The van der Waals surface area contributed by atoms with Gasteiger partial charge in [0.15, 0.2) is 12.6 Å². The summed E-state index contributed by atoms with van der Waals surface area (Å²) in [5.41, 5.74) is 9.39. The van der Waals surface area contributed by atoms with Gasteiger partial charge < -0.3 is 24.5 Å². The SMILES string of the molecule is [N-]=[N+]=C(S(=O)(=O)CC1CCC(C2OCCO2)CC1)S(=O)(=O)CC1CCC(C2OCCO2)CC1. The maximum Gasteiger partial charge on any atom is 0.495 e. The van der Waals surface area contributed by atoms with Crippen molar-refractivity contribution in [3.63, 3.8) is 0 Å². The Morgan fingerprint density at radius 2 is 0.970 bits per heavy atom. The minimum atomic E-state index is -4.23. The molecule has 188 valence electrons. The molecule has 33 heavy (non-hydrogen) atoms. The van der Waals surface area contributed by atoms with Gasteiger partial charge in [0.1, 0.15) is 0 Å². The molecule has 0 spiro atoms. The number of rotatable bonds is 6. The monoisotopic (exact) mass is 506 g/mol. The molecule has 10 nitrogen and oxygen atoms in total. The van der Waals surface area contributed by atoms with Gasteiger partial charge in [-0.25, -0.2) is 16.8 Å². The summed E-state index contributed by atoms with van der Waals surface area (Å²) >= 11 is 0. The molecule has 0 aromatic heterocycles.